The highest BCUT2D eigenvalue weighted by atomic mass is 16.5. The third kappa shape index (κ3) is 9.46. The zero-order valence-corrected chi connectivity index (χ0v) is 46.3. The molecule has 12 aromatic rings. The van der Waals surface area contributed by atoms with Gasteiger partial charge in [0.05, 0.1) is 33.5 Å². The molecule has 6 nitrogen and oxygen atoms in total. The van der Waals surface area contributed by atoms with Crippen LogP contribution < -0.4 is 15.4 Å². The van der Waals surface area contributed by atoms with Crippen molar-refractivity contribution in [3.05, 3.63) is 229 Å². The van der Waals surface area contributed by atoms with Crippen molar-refractivity contribution in [2.24, 2.45) is 0 Å². The van der Waals surface area contributed by atoms with Gasteiger partial charge in [-0.15, -0.1) is 0 Å². The maximum atomic E-state index is 6.85. The Morgan fingerprint density at radius 1 is 0.449 bits per heavy atom. The van der Waals surface area contributed by atoms with Crippen LogP contribution in [-0.2, 0) is 16.2 Å². The third-order valence-corrected chi connectivity index (χ3v) is 15.3. The van der Waals surface area contributed by atoms with E-state index in [9.17, 15) is 0 Å². The Morgan fingerprint density at radius 3 is 1.67 bits per heavy atom. The molecule has 2 N–H and O–H groups in total. The van der Waals surface area contributed by atoms with Gasteiger partial charge in [-0.05, 0) is 135 Å². The molecule has 386 valence electrons. The van der Waals surface area contributed by atoms with E-state index in [2.05, 4.69) is 267 Å². The number of hydrogen-bond donors (Lipinski definition) is 2. The number of rotatable bonds is 10. The van der Waals surface area contributed by atoms with E-state index in [-0.39, 0.29) is 16.2 Å². The molecule has 0 bridgehead atoms. The van der Waals surface area contributed by atoms with Gasteiger partial charge in [-0.25, -0.2) is 4.98 Å². The number of anilines is 4. The summed E-state index contributed by atoms with van der Waals surface area (Å²) in [4.78, 5) is 5.30. The number of nitrogens with zero attached hydrogens (tertiary/aromatic N) is 2. The number of aryl methyl sites for hydroxylation is 1. The van der Waals surface area contributed by atoms with Crippen LogP contribution in [0.5, 0.6) is 11.5 Å². The fraction of sp³-hybridized carbons (Fsp3) is 0.181. The van der Waals surface area contributed by atoms with Gasteiger partial charge in [0, 0.05) is 56.9 Å². The van der Waals surface area contributed by atoms with E-state index < -0.39 is 0 Å². The number of nitrogens with one attached hydrogen (secondary N) is 2. The maximum absolute atomic E-state index is 6.85. The Kier molecular flexibility index (Phi) is 12.4. The summed E-state index contributed by atoms with van der Waals surface area (Å²) in [6.45, 7) is 22.8. The Balaban J connectivity index is 0.919. The molecule has 9 aromatic carbocycles. The highest BCUT2D eigenvalue weighted by molar-refractivity contribution is 6.24. The average Bonchev–Trinajstić information content (AvgIpc) is 4.20. The van der Waals surface area contributed by atoms with Gasteiger partial charge in [-0.1, -0.05) is 178 Å². The minimum absolute atomic E-state index is 0.00994. The minimum Gasteiger partial charge on any atom is -0.457 e. The van der Waals surface area contributed by atoms with Gasteiger partial charge >= 0.3 is 0 Å². The molecule has 0 saturated heterocycles. The Labute approximate surface area is 458 Å². The number of fused-ring (bicyclic) bond motifs is 7. The third-order valence-electron chi connectivity index (χ3n) is 15.3. The average molecular weight is 1020 g/mol. The van der Waals surface area contributed by atoms with Crippen molar-refractivity contribution in [3.8, 4) is 50.7 Å². The first-order valence-electron chi connectivity index (χ1n) is 27.2. The van der Waals surface area contributed by atoms with Gasteiger partial charge in [0.1, 0.15) is 28.5 Å². The molecule has 0 amide bonds. The Hall–Kier alpha value is -8.87. The van der Waals surface area contributed by atoms with Crippen LogP contribution in [0.4, 0.5) is 22.7 Å². The van der Waals surface area contributed by atoms with E-state index in [4.69, 9.17) is 14.1 Å². The van der Waals surface area contributed by atoms with Crippen LogP contribution in [0.25, 0.3) is 82.9 Å². The quantitative estimate of drug-likeness (QED) is 0.143. The first-order valence-corrected chi connectivity index (χ1v) is 27.2. The molecular weight excluding hydrogens is 953 g/mol. The molecule has 6 heteroatoms. The lowest BCUT2D eigenvalue weighted by Crippen LogP contribution is -2.16. The zero-order valence-electron chi connectivity index (χ0n) is 46.3. The number of pyridine rings is 1. The SMILES string of the molecule is Cc1cc(-n2c3cc(Oc4cccc(Nc5ccccc5Nc5c(-c6ccccc6)cc(C(C)(C)C)cc5-c5ccccc5)c4)ccc3c3c4oc5ccccc5c4ccc32)ncc1-c1cc(C(C)(C)C)cc(C(C)(C)C)c1. The topological polar surface area (TPSA) is 64.2 Å². The van der Waals surface area contributed by atoms with Crippen LogP contribution in [0.15, 0.2) is 211 Å². The largest absolute Gasteiger partial charge is 0.457 e. The zero-order chi connectivity index (χ0) is 54.1. The van der Waals surface area contributed by atoms with Crippen molar-refractivity contribution < 1.29 is 9.15 Å². The fourth-order valence-corrected chi connectivity index (χ4v) is 10.9. The second-order valence-electron chi connectivity index (χ2n) is 24.0. The van der Waals surface area contributed by atoms with Gasteiger partial charge < -0.3 is 19.8 Å². The van der Waals surface area contributed by atoms with Crippen molar-refractivity contribution in [2.45, 2.75) is 85.5 Å². The highest BCUT2D eigenvalue weighted by Gasteiger charge is 2.25. The molecule has 0 spiro atoms. The monoisotopic (exact) mass is 1020 g/mol. The maximum Gasteiger partial charge on any atom is 0.145 e. The van der Waals surface area contributed by atoms with Crippen LogP contribution in [0.1, 0.15) is 84.6 Å². The molecule has 0 unspecified atom stereocenters. The van der Waals surface area contributed by atoms with Gasteiger partial charge in [0.15, 0.2) is 0 Å². The first-order chi connectivity index (χ1) is 37.4. The molecule has 0 aliphatic heterocycles. The molecule has 0 saturated carbocycles. The van der Waals surface area contributed by atoms with Crippen LogP contribution in [0.2, 0.25) is 0 Å². The summed E-state index contributed by atoms with van der Waals surface area (Å²) in [6.07, 6.45) is 2.05. The number of benzene rings is 9. The summed E-state index contributed by atoms with van der Waals surface area (Å²) < 4.78 is 15.8. The summed E-state index contributed by atoms with van der Waals surface area (Å²) in [7, 11) is 0. The van der Waals surface area contributed by atoms with Crippen molar-refractivity contribution in [1.82, 2.24) is 9.55 Å². The van der Waals surface area contributed by atoms with Crippen molar-refractivity contribution in [3.63, 3.8) is 0 Å². The van der Waals surface area contributed by atoms with Crippen molar-refractivity contribution >= 4 is 66.5 Å². The van der Waals surface area contributed by atoms with E-state index in [0.29, 0.717) is 11.5 Å². The van der Waals surface area contributed by atoms with E-state index in [0.717, 1.165) is 106 Å². The number of ether oxygens (including phenoxy) is 1. The van der Waals surface area contributed by atoms with Crippen LogP contribution in [-0.4, -0.2) is 9.55 Å². The molecule has 0 aliphatic rings. The molecule has 0 radical (unpaired) electrons. The lowest BCUT2D eigenvalue weighted by molar-refractivity contribution is 0.483. The number of aromatic nitrogens is 2. The summed E-state index contributed by atoms with van der Waals surface area (Å²) in [6, 6.07) is 70.9. The van der Waals surface area contributed by atoms with E-state index in [1.165, 1.54) is 22.3 Å². The van der Waals surface area contributed by atoms with Crippen LogP contribution in [0.3, 0.4) is 0 Å². The molecular formula is C72H66N4O2. The van der Waals surface area contributed by atoms with Crippen molar-refractivity contribution in [2.75, 3.05) is 10.6 Å². The standard InChI is InChI=1S/C72H66N4O2/c1-45-36-66(73-44-60(45)48-37-49(70(2,3)4)39-50(38-48)71(5,6)7)76-63-35-34-56-55-28-17-20-31-65(55)78-69(56)67(63)57-33-32-54(43-64(57)76)77-53-27-21-26-52(42-53)74-61-29-18-19-30-62(61)75-68-58(46-22-13-11-14-23-46)40-51(72(8,9)10)41-59(68)47-24-15-12-16-25-47/h11-44,74-75H,1-10H3. The lowest BCUT2D eigenvalue weighted by atomic mass is 9.79. The molecule has 0 aliphatic carbocycles. The first kappa shape index (κ1) is 50.0. The molecule has 78 heavy (non-hydrogen) atoms. The molecule has 0 atom stereocenters. The highest BCUT2D eigenvalue weighted by Crippen LogP contribution is 2.46. The smallest absolute Gasteiger partial charge is 0.145 e. The van der Waals surface area contributed by atoms with Crippen LogP contribution in [0, 0.1) is 6.92 Å². The molecule has 0 fully saturated rings. The van der Waals surface area contributed by atoms with Gasteiger partial charge in [0.25, 0.3) is 0 Å². The lowest BCUT2D eigenvalue weighted by Gasteiger charge is -2.26. The van der Waals surface area contributed by atoms with E-state index in [1.807, 2.05) is 24.3 Å². The summed E-state index contributed by atoms with van der Waals surface area (Å²) in [5.41, 5.74) is 19.4. The minimum atomic E-state index is -0.0651. The van der Waals surface area contributed by atoms with Gasteiger partial charge in [-0.3, -0.25) is 4.57 Å². The molecule has 3 aromatic heterocycles. The van der Waals surface area contributed by atoms with E-state index in [1.54, 1.807) is 0 Å². The summed E-state index contributed by atoms with van der Waals surface area (Å²) >= 11 is 0. The van der Waals surface area contributed by atoms with Gasteiger partial charge in [0.2, 0.25) is 0 Å². The number of hydrogen-bond acceptors (Lipinski definition) is 5. The second kappa shape index (κ2) is 19.3. The Bertz CT molecular complexity index is 4150. The van der Waals surface area contributed by atoms with E-state index >= 15 is 0 Å². The second-order valence-corrected chi connectivity index (χ2v) is 24.0. The van der Waals surface area contributed by atoms with Gasteiger partial charge in [-0.2, -0.15) is 0 Å². The predicted octanol–water partition coefficient (Wildman–Crippen LogP) is 20.6. The molecule has 12 rings (SSSR count). The predicted molar refractivity (Wildman–Crippen MR) is 329 cm³/mol. The Morgan fingerprint density at radius 2 is 1.03 bits per heavy atom. The summed E-state index contributed by atoms with van der Waals surface area (Å²) in [5, 5.41) is 12.0. The number of para-hydroxylation sites is 3. The van der Waals surface area contributed by atoms with Crippen LogP contribution >= 0.6 is 0 Å². The summed E-state index contributed by atoms with van der Waals surface area (Å²) in [5.74, 6) is 2.23. The fourth-order valence-electron chi connectivity index (χ4n) is 10.9. The number of furan rings is 1. The normalized spacial score (nSPS) is 12.2. The molecule has 3 heterocycles. The van der Waals surface area contributed by atoms with Crippen molar-refractivity contribution in [1.29, 1.82) is 0 Å².